The smallest absolute Gasteiger partial charge is 0.0987 e. The van der Waals surface area contributed by atoms with Gasteiger partial charge in [-0.3, -0.25) is 4.98 Å². The van der Waals surface area contributed by atoms with Crippen molar-refractivity contribution in [2.24, 2.45) is 5.73 Å². The van der Waals surface area contributed by atoms with Crippen molar-refractivity contribution in [2.45, 2.75) is 18.9 Å². The van der Waals surface area contributed by atoms with Crippen LogP contribution >= 0.6 is 11.3 Å². The summed E-state index contributed by atoms with van der Waals surface area (Å²) >= 11 is 1.45. The van der Waals surface area contributed by atoms with E-state index in [0.29, 0.717) is 13.0 Å². The number of thiazole rings is 1. The highest BCUT2D eigenvalue weighted by molar-refractivity contribution is 7.09. The van der Waals surface area contributed by atoms with E-state index in [4.69, 9.17) is 5.73 Å². The Kier molecular flexibility index (Phi) is 2.59. The molecule has 11 heavy (non-hydrogen) atoms. The summed E-state index contributed by atoms with van der Waals surface area (Å²) in [4.78, 5) is 4.77. The third-order valence-corrected chi connectivity index (χ3v) is 2.62. The molecule has 0 radical (unpaired) electrons. The van der Waals surface area contributed by atoms with Crippen LogP contribution in [0, 0.1) is 0 Å². The molecule has 0 aliphatic rings. The molecule has 1 aromatic rings. The topological polar surface area (TPSA) is 59.1 Å². The van der Waals surface area contributed by atoms with E-state index in [9.17, 15) is 5.11 Å². The lowest BCUT2D eigenvalue weighted by molar-refractivity contribution is 0.0540. The highest BCUT2D eigenvalue weighted by atomic mass is 32.1. The number of hydrogen-bond acceptors (Lipinski definition) is 4. The lowest BCUT2D eigenvalue weighted by atomic mass is 10.0. The minimum Gasteiger partial charge on any atom is -0.385 e. The van der Waals surface area contributed by atoms with Crippen LogP contribution in [0.2, 0.25) is 0 Å². The summed E-state index contributed by atoms with van der Waals surface area (Å²) < 4.78 is 0. The van der Waals surface area contributed by atoms with Gasteiger partial charge in [-0.15, -0.1) is 11.3 Å². The summed E-state index contributed by atoms with van der Waals surface area (Å²) in [5.74, 6) is 0. The maximum Gasteiger partial charge on any atom is 0.0987 e. The molecular formula is C7H12N2OS. The molecule has 62 valence electrons. The molecule has 1 atom stereocenters. The minimum atomic E-state index is -0.796. The van der Waals surface area contributed by atoms with E-state index in [1.165, 1.54) is 11.3 Å². The Morgan fingerprint density at radius 3 is 3.00 bits per heavy atom. The van der Waals surface area contributed by atoms with Crippen LogP contribution < -0.4 is 5.73 Å². The first kappa shape index (κ1) is 8.64. The molecule has 1 unspecified atom stereocenters. The number of aromatic nitrogens is 1. The van der Waals surface area contributed by atoms with Gasteiger partial charge in [0.15, 0.2) is 0 Å². The average molecular weight is 172 g/mol. The van der Waals surface area contributed by atoms with Crippen LogP contribution in [-0.2, 0) is 5.60 Å². The molecule has 0 bridgehead atoms. The van der Waals surface area contributed by atoms with Gasteiger partial charge in [-0.05, 0) is 19.9 Å². The normalized spacial score (nSPS) is 16.3. The van der Waals surface area contributed by atoms with Crippen LogP contribution in [0.1, 0.15) is 18.2 Å². The van der Waals surface area contributed by atoms with Crippen molar-refractivity contribution < 1.29 is 5.11 Å². The largest absolute Gasteiger partial charge is 0.385 e. The minimum absolute atomic E-state index is 0.491. The van der Waals surface area contributed by atoms with Crippen LogP contribution in [0.5, 0.6) is 0 Å². The summed E-state index contributed by atoms with van der Waals surface area (Å²) in [6, 6.07) is 0. The summed E-state index contributed by atoms with van der Waals surface area (Å²) in [7, 11) is 0. The molecule has 0 saturated carbocycles. The zero-order chi connectivity index (χ0) is 8.32. The molecule has 3 N–H and O–H groups in total. The molecule has 3 nitrogen and oxygen atoms in total. The van der Waals surface area contributed by atoms with Gasteiger partial charge in [-0.2, -0.15) is 0 Å². The van der Waals surface area contributed by atoms with Crippen molar-refractivity contribution >= 4 is 11.3 Å². The predicted octanol–water partition coefficient (Wildman–Crippen LogP) is 0.699. The molecule has 4 heteroatoms. The van der Waals surface area contributed by atoms with Crippen molar-refractivity contribution in [3.05, 3.63) is 16.6 Å². The lowest BCUT2D eigenvalue weighted by Crippen LogP contribution is -2.23. The summed E-state index contributed by atoms with van der Waals surface area (Å²) in [5, 5.41) is 9.77. The summed E-state index contributed by atoms with van der Waals surface area (Å²) in [6.07, 6.45) is 2.26. The molecule has 0 spiro atoms. The molecule has 0 aliphatic heterocycles. The highest BCUT2D eigenvalue weighted by Gasteiger charge is 2.23. The van der Waals surface area contributed by atoms with Crippen LogP contribution in [0.15, 0.2) is 11.7 Å². The van der Waals surface area contributed by atoms with Crippen molar-refractivity contribution in [1.82, 2.24) is 4.98 Å². The Balaban J connectivity index is 2.73. The van der Waals surface area contributed by atoms with Gasteiger partial charge in [-0.25, -0.2) is 0 Å². The van der Waals surface area contributed by atoms with Crippen LogP contribution in [0.4, 0.5) is 0 Å². The van der Waals surface area contributed by atoms with Crippen molar-refractivity contribution in [1.29, 1.82) is 0 Å². The number of rotatable bonds is 3. The fourth-order valence-corrected chi connectivity index (χ4v) is 1.60. The number of nitrogens with two attached hydrogens (primary N) is 1. The molecule has 1 heterocycles. The van der Waals surface area contributed by atoms with E-state index in [0.717, 1.165) is 4.88 Å². The molecule has 0 amide bonds. The molecule has 1 rings (SSSR count). The van der Waals surface area contributed by atoms with Gasteiger partial charge in [0.05, 0.1) is 16.0 Å². The fourth-order valence-electron chi connectivity index (χ4n) is 0.886. The maximum atomic E-state index is 9.77. The zero-order valence-corrected chi connectivity index (χ0v) is 7.27. The summed E-state index contributed by atoms with van der Waals surface area (Å²) in [5.41, 5.74) is 6.26. The Bertz CT molecular complexity index is 208. The number of aliphatic hydroxyl groups is 1. The predicted molar refractivity (Wildman–Crippen MR) is 45.4 cm³/mol. The Labute approximate surface area is 69.9 Å². The van der Waals surface area contributed by atoms with Gasteiger partial charge in [0, 0.05) is 6.20 Å². The first-order valence-corrected chi connectivity index (χ1v) is 4.36. The van der Waals surface area contributed by atoms with Gasteiger partial charge >= 0.3 is 0 Å². The third kappa shape index (κ3) is 1.99. The van der Waals surface area contributed by atoms with E-state index >= 15 is 0 Å². The highest BCUT2D eigenvalue weighted by Crippen LogP contribution is 2.26. The van der Waals surface area contributed by atoms with E-state index in [1.807, 2.05) is 0 Å². The second-order valence-corrected chi connectivity index (χ2v) is 3.56. The van der Waals surface area contributed by atoms with E-state index in [2.05, 4.69) is 4.98 Å². The maximum absolute atomic E-state index is 9.77. The van der Waals surface area contributed by atoms with Crippen molar-refractivity contribution in [2.75, 3.05) is 6.54 Å². The van der Waals surface area contributed by atoms with Crippen molar-refractivity contribution in [3.8, 4) is 0 Å². The summed E-state index contributed by atoms with van der Waals surface area (Å²) in [6.45, 7) is 2.25. The standard InChI is InChI=1S/C7H12N2OS/c1-7(10,2-3-8)6-4-9-5-11-6/h4-5,10H,2-3,8H2,1H3. The third-order valence-electron chi connectivity index (χ3n) is 1.59. The number of nitrogens with zero attached hydrogens (tertiary/aromatic N) is 1. The Morgan fingerprint density at radius 1 is 1.82 bits per heavy atom. The molecule has 0 aliphatic carbocycles. The second kappa shape index (κ2) is 3.30. The lowest BCUT2D eigenvalue weighted by Gasteiger charge is -2.19. The number of hydrogen-bond donors (Lipinski definition) is 2. The van der Waals surface area contributed by atoms with Crippen LogP contribution in [0.25, 0.3) is 0 Å². The molecule has 1 aromatic heterocycles. The monoisotopic (exact) mass is 172 g/mol. The Morgan fingerprint density at radius 2 is 2.55 bits per heavy atom. The molecular weight excluding hydrogens is 160 g/mol. The second-order valence-electron chi connectivity index (χ2n) is 2.68. The van der Waals surface area contributed by atoms with Crippen LogP contribution in [-0.4, -0.2) is 16.6 Å². The van der Waals surface area contributed by atoms with E-state index in [1.54, 1.807) is 18.6 Å². The van der Waals surface area contributed by atoms with E-state index < -0.39 is 5.60 Å². The van der Waals surface area contributed by atoms with Gasteiger partial charge in [0.1, 0.15) is 0 Å². The van der Waals surface area contributed by atoms with Gasteiger partial charge in [0.2, 0.25) is 0 Å². The van der Waals surface area contributed by atoms with Gasteiger partial charge < -0.3 is 10.8 Å². The molecule has 0 fully saturated rings. The zero-order valence-electron chi connectivity index (χ0n) is 6.45. The fraction of sp³-hybridized carbons (Fsp3) is 0.571. The van der Waals surface area contributed by atoms with Crippen molar-refractivity contribution in [3.63, 3.8) is 0 Å². The quantitative estimate of drug-likeness (QED) is 0.705. The molecule has 0 saturated heterocycles. The van der Waals surface area contributed by atoms with Gasteiger partial charge in [-0.1, -0.05) is 0 Å². The SMILES string of the molecule is CC(O)(CCN)c1cncs1. The first-order chi connectivity index (χ1) is 5.17. The molecule has 0 aromatic carbocycles. The Hall–Kier alpha value is -0.450. The average Bonchev–Trinajstić information content (AvgIpc) is 2.37. The van der Waals surface area contributed by atoms with Crippen LogP contribution in [0.3, 0.4) is 0 Å². The van der Waals surface area contributed by atoms with E-state index in [-0.39, 0.29) is 0 Å². The first-order valence-electron chi connectivity index (χ1n) is 3.48. The van der Waals surface area contributed by atoms with Gasteiger partial charge in [0.25, 0.3) is 0 Å².